The minimum atomic E-state index is -0.497. The van der Waals surface area contributed by atoms with E-state index in [0.29, 0.717) is 18.1 Å². The second-order valence-electron chi connectivity index (χ2n) is 3.75. The first-order chi connectivity index (χ1) is 9.10. The van der Waals surface area contributed by atoms with Crippen LogP contribution >= 0.6 is 11.6 Å². The summed E-state index contributed by atoms with van der Waals surface area (Å²) in [6, 6.07) is 9.78. The minimum Gasteiger partial charge on any atom is -0.494 e. The maximum Gasteiger partial charge on any atom is 0.274 e. The molecule has 6 heteroatoms. The molecule has 0 bridgehead atoms. The van der Waals surface area contributed by atoms with E-state index in [9.17, 15) is 10.1 Å². The number of hydrogen-bond donors (Lipinski definition) is 0. The lowest BCUT2D eigenvalue weighted by Crippen LogP contribution is -1.94. The number of nitrogens with zero attached hydrogens (tertiary/aromatic N) is 2. The highest BCUT2D eigenvalue weighted by Crippen LogP contribution is 2.27. The topological polar surface area (TPSA) is 65.3 Å². The van der Waals surface area contributed by atoms with Crippen molar-refractivity contribution in [1.29, 1.82) is 0 Å². The molecule has 1 heterocycles. The Balaban J connectivity index is 2.46. The fraction of sp³-hybridized carbons (Fsp3) is 0.154. The average Bonchev–Trinajstić information content (AvgIpc) is 2.38. The number of ether oxygens (including phenoxy) is 1. The van der Waals surface area contributed by atoms with Gasteiger partial charge in [-0.15, -0.1) is 0 Å². The molecule has 0 aliphatic rings. The Morgan fingerprint density at radius 1 is 1.37 bits per heavy atom. The highest BCUT2D eigenvalue weighted by atomic mass is 35.5. The van der Waals surface area contributed by atoms with Crippen LogP contribution in [0.25, 0.3) is 11.3 Å². The predicted octanol–water partition coefficient (Wildman–Crippen LogP) is 3.71. The van der Waals surface area contributed by atoms with Gasteiger partial charge in [-0.05, 0) is 19.1 Å². The Hall–Kier alpha value is -2.14. The molecule has 2 aromatic rings. The number of nitro groups is 1. The van der Waals surface area contributed by atoms with Gasteiger partial charge < -0.3 is 4.74 Å². The number of aromatic nitrogens is 1. The first-order valence-corrected chi connectivity index (χ1v) is 6.03. The van der Waals surface area contributed by atoms with Crippen molar-refractivity contribution in [2.75, 3.05) is 6.61 Å². The summed E-state index contributed by atoms with van der Waals surface area (Å²) in [7, 11) is 0. The first kappa shape index (κ1) is 13.3. The van der Waals surface area contributed by atoms with Crippen LogP contribution in [-0.2, 0) is 0 Å². The van der Waals surface area contributed by atoms with Gasteiger partial charge in [0.2, 0.25) is 0 Å². The van der Waals surface area contributed by atoms with E-state index in [4.69, 9.17) is 16.3 Å². The van der Waals surface area contributed by atoms with Gasteiger partial charge in [0.05, 0.1) is 23.3 Å². The third-order valence-electron chi connectivity index (χ3n) is 2.43. The van der Waals surface area contributed by atoms with Crippen molar-refractivity contribution < 1.29 is 9.66 Å². The summed E-state index contributed by atoms with van der Waals surface area (Å²) < 4.78 is 5.38. The summed E-state index contributed by atoms with van der Waals surface area (Å²) in [6.07, 6.45) is 0. The lowest BCUT2D eigenvalue weighted by atomic mass is 10.1. The van der Waals surface area contributed by atoms with E-state index in [-0.39, 0.29) is 10.8 Å². The van der Waals surface area contributed by atoms with E-state index in [2.05, 4.69) is 4.98 Å². The van der Waals surface area contributed by atoms with Crippen molar-refractivity contribution in [3.05, 3.63) is 51.7 Å². The van der Waals surface area contributed by atoms with Crippen LogP contribution in [0.5, 0.6) is 5.75 Å². The van der Waals surface area contributed by atoms with Gasteiger partial charge in [-0.3, -0.25) is 10.1 Å². The zero-order valence-corrected chi connectivity index (χ0v) is 10.9. The maximum absolute atomic E-state index is 10.8. The van der Waals surface area contributed by atoms with Crippen molar-refractivity contribution in [1.82, 2.24) is 4.98 Å². The Bertz CT molecular complexity index is 617. The highest BCUT2D eigenvalue weighted by molar-refractivity contribution is 6.29. The molecule has 0 saturated heterocycles. The van der Waals surface area contributed by atoms with Crippen LogP contribution in [0.2, 0.25) is 5.15 Å². The quantitative estimate of drug-likeness (QED) is 0.486. The average molecular weight is 279 g/mol. The van der Waals surface area contributed by atoms with Gasteiger partial charge in [0.15, 0.2) is 0 Å². The van der Waals surface area contributed by atoms with Crippen molar-refractivity contribution in [3.8, 4) is 17.0 Å². The second kappa shape index (κ2) is 5.67. The summed E-state index contributed by atoms with van der Waals surface area (Å²) in [4.78, 5) is 14.4. The van der Waals surface area contributed by atoms with Crippen LogP contribution in [0.15, 0.2) is 36.4 Å². The van der Waals surface area contributed by atoms with Crippen molar-refractivity contribution in [2.45, 2.75) is 6.92 Å². The zero-order chi connectivity index (χ0) is 13.8. The lowest BCUT2D eigenvalue weighted by Gasteiger charge is -2.06. The van der Waals surface area contributed by atoms with Gasteiger partial charge in [0.1, 0.15) is 10.9 Å². The third kappa shape index (κ3) is 3.20. The molecule has 19 heavy (non-hydrogen) atoms. The smallest absolute Gasteiger partial charge is 0.274 e. The van der Waals surface area contributed by atoms with E-state index in [0.717, 1.165) is 5.56 Å². The molecule has 0 radical (unpaired) electrons. The van der Waals surface area contributed by atoms with Gasteiger partial charge in [-0.1, -0.05) is 23.7 Å². The number of rotatable bonds is 4. The van der Waals surface area contributed by atoms with Crippen LogP contribution in [0, 0.1) is 10.1 Å². The number of halogens is 1. The molecule has 0 aliphatic carbocycles. The molecule has 5 nitrogen and oxygen atoms in total. The van der Waals surface area contributed by atoms with Crippen molar-refractivity contribution in [3.63, 3.8) is 0 Å². The molecular weight excluding hydrogens is 268 g/mol. The van der Waals surface area contributed by atoms with E-state index < -0.39 is 4.92 Å². The molecule has 98 valence electrons. The normalized spacial score (nSPS) is 10.2. The van der Waals surface area contributed by atoms with Crippen molar-refractivity contribution >= 4 is 17.3 Å². The molecular formula is C13H11ClN2O3. The Morgan fingerprint density at radius 3 is 2.84 bits per heavy atom. The van der Waals surface area contributed by atoms with Gasteiger partial charge in [-0.25, -0.2) is 4.98 Å². The van der Waals surface area contributed by atoms with E-state index >= 15 is 0 Å². The molecule has 0 atom stereocenters. The van der Waals surface area contributed by atoms with Gasteiger partial charge in [0.25, 0.3) is 5.69 Å². The molecule has 0 saturated carbocycles. The van der Waals surface area contributed by atoms with Crippen LogP contribution in [0.4, 0.5) is 5.69 Å². The van der Waals surface area contributed by atoms with E-state index in [1.54, 1.807) is 18.2 Å². The summed E-state index contributed by atoms with van der Waals surface area (Å²) in [5, 5.41) is 10.9. The predicted molar refractivity (Wildman–Crippen MR) is 72.5 cm³/mol. The van der Waals surface area contributed by atoms with Gasteiger partial charge in [0, 0.05) is 11.6 Å². The Kier molecular flexibility index (Phi) is 3.97. The number of hydrogen-bond acceptors (Lipinski definition) is 4. The molecule has 0 aliphatic heterocycles. The summed E-state index contributed by atoms with van der Waals surface area (Å²) >= 11 is 5.80. The molecule has 0 N–H and O–H groups in total. The molecule has 0 amide bonds. The second-order valence-corrected chi connectivity index (χ2v) is 4.14. The SMILES string of the molecule is CCOc1cccc(-c2cc([N+](=O)[O-])cc(Cl)n2)c1. The van der Waals surface area contributed by atoms with E-state index in [1.807, 2.05) is 13.0 Å². The van der Waals surface area contributed by atoms with Crippen LogP contribution < -0.4 is 4.74 Å². The Morgan fingerprint density at radius 2 is 2.16 bits per heavy atom. The van der Waals surface area contributed by atoms with Crippen LogP contribution in [-0.4, -0.2) is 16.5 Å². The molecule has 0 unspecified atom stereocenters. The van der Waals surface area contributed by atoms with Gasteiger partial charge in [-0.2, -0.15) is 0 Å². The van der Waals surface area contributed by atoms with Crippen LogP contribution in [0.1, 0.15) is 6.92 Å². The largest absolute Gasteiger partial charge is 0.494 e. The summed E-state index contributed by atoms with van der Waals surface area (Å²) in [6.45, 7) is 2.43. The fourth-order valence-corrected chi connectivity index (χ4v) is 1.85. The molecule has 2 rings (SSSR count). The van der Waals surface area contributed by atoms with Gasteiger partial charge >= 0.3 is 0 Å². The zero-order valence-electron chi connectivity index (χ0n) is 10.2. The molecule has 1 aromatic carbocycles. The Labute approximate surface area is 115 Å². The first-order valence-electron chi connectivity index (χ1n) is 5.65. The summed E-state index contributed by atoms with van der Waals surface area (Å²) in [5.74, 6) is 0.685. The third-order valence-corrected chi connectivity index (χ3v) is 2.62. The molecule has 0 spiro atoms. The number of pyridine rings is 1. The highest BCUT2D eigenvalue weighted by Gasteiger charge is 2.12. The van der Waals surface area contributed by atoms with E-state index in [1.165, 1.54) is 12.1 Å². The fourth-order valence-electron chi connectivity index (χ4n) is 1.65. The number of benzene rings is 1. The maximum atomic E-state index is 10.8. The lowest BCUT2D eigenvalue weighted by molar-refractivity contribution is -0.384. The van der Waals surface area contributed by atoms with Crippen LogP contribution in [0.3, 0.4) is 0 Å². The van der Waals surface area contributed by atoms with Crippen molar-refractivity contribution in [2.24, 2.45) is 0 Å². The summed E-state index contributed by atoms with van der Waals surface area (Å²) in [5.41, 5.74) is 1.08. The molecule has 0 fully saturated rings. The monoisotopic (exact) mass is 278 g/mol. The standard InChI is InChI=1S/C13H11ClN2O3/c1-2-19-11-5-3-4-9(6-11)12-7-10(16(17)18)8-13(14)15-12/h3-8H,2H2,1H3. The minimum absolute atomic E-state index is 0.0863. The molecule has 1 aromatic heterocycles.